The van der Waals surface area contributed by atoms with Crippen LogP contribution in [0.25, 0.3) is 10.2 Å². The number of thiophene rings is 1. The number of pyridine rings is 1. The fraction of sp³-hybridized carbons (Fsp3) is 0.333. The number of rotatable bonds is 4. The number of nitrogens with zero attached hydrogens (tertiary/aromatic N) is 1. The Labute approximate surface area is 121 Å². The van der Waals surface area contributed by atoms with Crippen LogP contribution in [0.1, 0.15) is 15.2 Å². The van der Waals surface area contributed by atoms with Crippen molar-refractivity contribution < 1.29 is 22.4 Å². The van der Waals surface area contributed by atoms with E-state index in [9.17, 15) is 22.4 Å². The van der Waals surface area contributed by atoms with E-state index < -0.39 is 24.8 Å². The molecule has 9 heteroatoms. The van der Waals surface area contributed by atoms with Crippen LogP contribution in [0.15, 0.2) is 12.3 Å². The van der Waals surface area contributed by atoms with Crippen molar-refractivity contribution in [3.8, 4) is 0 Å². The van der Waals surface area contributed by atoms with E-state index >= 15 is 0 Å². The second-order valence-corrected chi connectivity index (χ2v) is 5.40. The maximum absolute atomic E-state index is 12.8. The smallest absolute Gasteiger partial charge is 0.324 e. The van der Waals surface area contributed by atoms with Crippen LogP contribution in [0, 0.1) is 6.92 Å². The molecule has 0 fully saturated rings. The molecular formula is C12H11F4N3OS. The number of carbonyl (C=O) groups excluding carboxylic acids is 1. The molecule has 0 aliphatic rings. The van der Waals surface area contributed by atoms with Crippen molar-refractivity contribution in [3.05, 3.63) is 22.7 Å². The van der Waals surface area contributed by atoms with Crippen molar-refractivity contribution in [2.75, 3.05) is 12.3 Å². The van der Waals surface area contributed by atoms with E-state index in [1.54, 1.807) is 18.3 Å². The maximum Gasteiger partial charge on any atom is 0.324 e. The molecule has 0 atom stereocenters. The number of fused-ring (bicyclic) bond motifs is 1. The van der Waals surface area contributed by atoms with E-state index in [1.807, 2.05) is 0 Å². The Balaban J connectivity index is 2.25. The number of nitrogen functional groups attached to an aromatic ring is 1. The average Bonchev–Trinajstić information content (AvgIpc) is 2.75. The summed E-state index contributed by atoms with van der Waals surface area (Å²) in [6, 6.07) is 1.69. The number of amides is 1. The van der Waals surface area contributed by atoms with Gasteiger partial charge >= 0.3 is 12.3 Å². The molecule has 2 heterocycles. The predicted octanol–water partition coefficient (Wildman–Crippen LogP) is 2.82. The van der Waals surface area contributed by atoms with E-state index in [1.165, 1.54) is 6.20 Å². The van der Waals surface area contributed by atoms with Crippen LogP contribution in [0.5, 0.6) is 0 Å². The van der Waals surface area contributed by atoms with Gasteiger partial charge in [-0.25, -0.2) is 13.8 Å². The van der Waals surface area contributed by atoms with Crippen molar-refractivity contribution in [2.45, 2.75) is 19.3 Å². The van der Waals surface area contributed by atoms with Crippen LogP contribution in [-0.4, -0.2) is 29.8 Å². The molecule has 0 saturated heterocycles. The molecule has 0 bridgehead atoms. The Bertz CT molecular complexity index is 686. The Morgan fingerprint density at radius 3 is 2.76 bits per heavy atom. The topological polar surface area (TPSA) is 68.0 Å². The summed E-state index contributed by atoms with van der Waals surface area (Å²) < 4.78 is 49.6. The first-order chi connectivity index (χ1) is 9.74. The van der Waals surface area contributed by atoms with Gasteiger partial charge in [0.15, 0.2) is 0 Å². The number of carbonyl (C=O) groups is 1. The number of hydrogen-bond donors (Lipinski definition) is 2. The standard InChI is InChI=1S/C12H11F4N3OS/c1-5-2-3-18-10-6(5)7(17)8(21-10)9(20)19-4-12(15,16)11(13)14/h2-3,11H,4,17H2,1H3,(H,19,20). The third-order valence-corrected chi connectivity index (χ3v) is 3.96. The number of aromatic nitrogens is 1. The highest BCUT2D eigenvalue weighted by atomic mass is 32.1. The van der Waals surface area contributed by atoms with Gasteiger partial charge in [0.05, 0.1) is 12.2 Å². The minimum atomic E-state index is -4.28. The van der Waals surface area contributed by atoms with Crippen molar-refractivity contribution in [2.24, 2.45) is 0 Å². The van der Waals surface area contributed by atoms with Gasteiger partial charge < -0.3 is 11.1 Å². The van der Waals surface area contributed by atoms with Crippen LogP contribution < -0.4 is 11.1 Å². The lowest BCUT2D eigenvalue weighted by Crippen LogP contribution is -2.41. The summed E-state index contributed by atoms with van der Waals surface area (Å²) in [6.45, 7) is 0.309. The van der Waals surface area contributed by atoms with Crippen molar-refractivity contribution in [3.63, 3.8) is 0 Å². The second-order valence-electron chi connectivity index (χ2n) is 4.40. The van der Waals surface area contributed by atoms with Gasteiger partial charge in [0.1, 0.15) is 9.71 Å². The van der Waals surface area contributed by atoms with E-state index in [4.69, 9.17) is 5.73 Å². The lowest BCUT2D eigenvalue weighted by molar-refractivity contribution is -0.123. The van der Waals surface area contributed by atoms with E-state index in [0.29, 0.717) is 10.2 Å². The summed E-state index contributed by atoms with van der Waals surface area (Å²) in [6.07, 6.45) is -2.32. The van der Waals surface area contributed by atoms with Crippen molar-refractivity contribution >= 4 is 33.1 Å². The molecule has 2 aromatic rings. The Hall–Kier alpha value is -1.90. The minimum absolute atomic E-state index is 0.0168. The Kier molecular flexibility index (Phi) is 4.04. The first-order valence-electron chi connectivity index (χ1n) is 5.82. The van der Waals surface area contributed by atoms with Gasteiger partial charge in [0.2, 0.25) is 0 Å². The minimum Gasteiger partial charge on any atom is -0.397 e. The lowest BCUT2D eigenvalue weighted by Gasteiger charge is -2.15. The van der Waals surface area contributed by atoms with Crippen molar-refractivity contribution in [1.82, 2.24) is 10.3 Å². The molecule has 4 nitrogen and oxygen atoms in total. The lowest BCUT2D eigenvalue weighted by atomic mass is 10.2. The second kappa shape index (κ2) is 5.47. The van der Waals surface area contributed by atoms with Gasteiger partial charge in [-0.2, -0.15) is 8.78 Å². The number of nitrogens with one attached hydrogen (secondary N) is 1. The number of hydrogen-bond acceptors (Lipinski definition) is 4. The van der Waals surface area contributed by atoms with Gasteiger partial charge in [-0.1, -0.05) is 0 Å². The number of alkyl halides is 4. The maximum atomic E-state index is 12.8. The average molecular weight is 321 g/mol. The van der Waals surface area contributed by atoms with Gasteiger partial charge in [-0.15, -0.1) is 11.3 Å². The molecule has 2 rings (SSSR count). The molecule has 1 amide bonds. The van der Waals surface area contributed by atoms with Crippen LogP contribution in [0.4, 0.5) is 23.2 Å². The normalized spacial score (nSPS) is 12.1. The van der Waals surface area contributed by atoms with Gasteiger partial charge in [-0.05, 0) is 18.6 Å². The first kappa shape index (κ1) is 15.5. The SMILES string of the molecule is Cc1ccnc2sc(C(=O)NCC(F)(F)C(F)F)c(N)c12. The Morgan fingerprint density at radius 1 is 1.52 bits per heavy atom. The number of halogens is 4. The molecular weight excluding hydrogens is 310 g/mol. The fourth-order valence-electron chi connectivity index (χ4n) is 1.73. The zero-order valence-electron chi connectivity index (χ0n) is 10.8. The largest absolute Gasteiger partial charge is 0.397 e. The molecule has 3 N–H and O–H groups in total. The predicted molar refractivity (Wildman–Crippen MR) is 72.1 cm³/mol. The molecule has 2 aromatic heterocycles. The summed E-state index contributed by atoms with van der Waals surface area (Å²) in [4.78, 5) is 16.3. The van der Waals surface area contributed by atoms with Gasteiger partial charge in [-0.3, -0.25) is 4.79 Å². The van der Waals surface area contributed by atoms with Crippen LogP contribution in [0.2, 0.25) is 0 Å². The van der Waals surface area contributed by atoms with Crippen LogP contribution >= 0.6 is 11.3 Å². The fourth-order valence-corrected chi connectivity index (χ4v) is 2.78. The highest BCUT2D eigenvalue weighted by Gasteiger charge is 2.41. The van der Waals surface area contributed by atoms with Crippen LogP contribution in [0.3, 0.4) is 0 Å². The monoisotopic (exact) mass is 321 g/mol. The Morgan fingerprint density at radius 2 is 2.19 bits per heavy atom. The molecule has 0 saturated carbocycles. The molecule has 0 aliphatic heterocycles. The number of nitrogens with two attached hydrogens (primary N) is 1. The molecule has 0 aliphatic carbocycles. The molecule has 0 unspecified atom stereocenters. The highest BCUT2D eigenvalue weighted by molar-refractivity contribution is 7.21. The quantitative estimate of drug-likeness (QED) is 0.851. The zero-order valence-corrected chi connectivity index (χ0v) is 11.6. The molecule has 0 aromatic carbocycles. The van der Waals surface area contributed by atoms with E-state index in [-0.39, 0.29) is 10.6 Å². The van der Waals surface area contributed by atoms with Gasteiger partial charge in [0.25, 0.3) is 5.91 Å². The molecule has 114 valence electrons. The van der Waals surface area contributed by atoms with Gasteiger partial charge in [0, 0.05) is 11.6 Å². The van der Waals surface area contributed by atoms with E-state index in [0.717, 1.165) is 16.9 Å². The summed E-state index contributed by atoms with van der Waals surface area (Å²) in [5, 5.41) is 2.34. The summed E-state index contributed by atoms with van der Waals surface area (Å²) >= 11 is 0.925. The molecule has 0 radical (unpaired) electrons. The number of aryl methyl sites for hydroxylation is 1. The third-order valence-electron chi connectivity index (χ3n) is 2.85. The molecule has 0 spiro atoms. The highest BCUT2D eigenvalue weighted by Crippen LogP contribution is 2.34. The summed E-state index contributed by atoms with van der Waals surface area (Å²) in [5.41, 5.74) is 6.71. The first-order valence-corrected chi connectivity index (χ1v) is 6.63. The molecule has 21 heavy (non-hydrogen) atoms. The summed E-state index contributed by atoms with van der Waals surface area (Å²) in [7, 11) is 0. The van der Waals surface area contributed by atoms with E-state index in [2.05, 4.69) is 4.98 Å². The summed E-state index contributed by atoms with van der Waals surface area (Å²) in [5.74, 6) is -5.20. The third kappa shape index (κ3) is 2.92. The van der Waals surface area contributed by atoms with Crippen LogP contribution in [-0.2, 0) is 0 Å². The zero-order chi connectivity index (χ0) is 15.8. The van der Waals surface area contributed by atoms with Crippen molar-refractivity contribution in [1.29, 1.82) is 0 Å². The number of anilines is 1.